The van der Waals surface area contributed by atoms with Gasteiger partial charge in [-0.3, -0.25) is 9.59 Å². The van der Waals surface area contributed by atoms with Crippen molar-refractivity contribution in [1.82, 2.24) is 0 Å². The Balaban J connectivity index is 1.69. The molecule has 1 aliphatic heterocycles. The number of ether oxygens (including phenoxy) is 3. The number of Topliss-reactive ketones (excluding diaryl/α,β-unsaturated/α-hetero) is 1. The lowest BCUT2D eigenvalue weighted by atomic mass is 9.60. The lowest BCUT2D eigenvalue weighted by Crippen LogP contribution is -2.55. The van der Waals surface area contributed by atoms with Crippen LogP contribution in [0.15, 0.2) is 29.8 Å². The predicted octanol–water partition coefficient (Wildman–Crippen LogP) is 3.31. The fraction of sp³-hybridized carbons (Fsp3) is 0.565. The number of benzene rings is 1. The maximum Gasteiger partial charge on any atom is 0.324 e. The minimum atomic E-state index is -1.23. The molecule has 2 fully saturated rings. The highest BCUT2D eigenvalue weighted by Gasteiger charge is 2.69. The third-order valence-corrected chi connectivity index (χ3v) is 6.93. The lowest BCUT2D eigenvalue weighted by Gasteiger charge is -2.43. The highest BCUT2D eigenvalue weighted by molar-refractivity contribution is 6.13. The number of carbonyl (C=O) groups excluding carboxylic acids is 2. The summed E-state index contributed by atoms with van der Waals surface area (Å²) in [5, 5.41) is 0. The third-order valence-electron chi connectivity index (χ3n) is 6.93. The van der Waals surface area contributed by atoms with Gasteiger partial charge in [0.25, 0.3) is 0 Å². The molecule has 5 rings (SSSR count). The second kappa shape index (κ2) is 6.01. The van der Waals surface area contributed by atoms with Crippen LogP contribution in [-0.2, 0) is 30.2 Å². The summed E-state index contributed by atoms with van der Waals surface area (Å²) >= 11 is 0. The Bertz CT molecular complexity index is 898. The molecule has 1 aromatic carbocycles. The van der Waals surface area contributed by atoms with Gasteiger partial charge in [0.1, 0.15) is 0 Å². The number of hydrogen-bond acceptors (Lipinski definition) is 5. The van der Waals surface area contributed by atoms with E-state index in [1.54, 1.807) is 6.92 Å². The summed E-state index contributed by atoms with van der Waals surface area (Å²) < 4.78 is 17.6. The first kappa shape index (κ1) is 18.1. The number of rotatable bonds is 3. The standard InChI is InChI=1S/C23H26O5/c1-4-26-21(25)23-16-11-13-7-5-6-8-14(13)19(16)15(9-10-18(23)24)20(23)17-12-27-22(2,3)28-17/h5-8,15,17,20H,4,9-12H2,1-3H3/t15-,17-,20+,23+/m1/s1. The molecule has 4 atom stereocenters. The topological polar surface area (TPSA) is 61.8 Å². The van der Waals surface area contributed by atoms with Crippen LogP contribution in [-0.4, -0.2) is 36.9 Å². The summed E-state index contributed by atoms with van der Waals surface area (Å²) in [7, 11) is 0. The molecule has 0 aromatic heterocycles. The van der Waals surface area contributed by atoms with Crippen LogP contribution in [0.3, 0.4) is 0 Å². The van der Waals surface area contributed by atoms with E-state index in [0.717, 1.165) is 12.0 Å². The average Bonchev–Trinajstić information content (AvgIpc) is 3.27. The van der Waals surface area contributed by atoms with Crippen molar-refractivity contribution < 1.29 is 23.8 Å². The minimum Gasteiger partial charge on any atom is -0.465 e. The fourth-order valence-corrected chi connectivity index (χ4v) is 6.05. The van der Waals surface area contributed by atoms with Crippen molar-refractivity contribution in [3.05, 3.63) is 41.0 Å². The van der Waals surface area contributed by atoms with Gasteiger partial charge >= 0.3 is 5.97 Å². The van der Waals surface area contributed by atoms with Gasteiger partial charge in [-0.1, -0.05) is 24.3 Å². The summed E-state index contributed by atoms with van der Waals surface area (Å²) in [6, 6.07) is 8.27. The molecule has 1 heterocycles. The highest BCUT2D eigenvalue weighted by atomic mass is 16.7. The zero-order valence-corrected chi connectivity index (χ0v) is 16.6. The van der Waals surface area contributed by atoms with E-state index < -0.39 is 17.2 Å². The van der Waals surface area contributed by atoms with E-state index in [1.807, 2.05) is 26.0 Å². The first-order valence-electron chi connectivity index (χ1n) is 10.2. The average molecular weight is 382 g/mol. The number of allylic oxidation sites excluding steroid dienone is 1. The van der Waals surface area contributed by atoms with Crippen LogP contribution in [0.5, 0.6) is 0 Å². The minimum absolute atomic E-state index is 0.0155. The Morgan fingerprint density at radius 3 is 2.79 bits per heavy atom. The first-order chi connectivity index (χ1) is 13.4. The van der Waals surface area contributed by atoms with Crippen LogP contribution in [0, 0.1) is 17.3 Å². The largest absolute Gasteiger partial charge is 0.465 e. The van der Waals surface area contributed by atoms with Gasteiger partial charge in [-0.15, -0.1) is 0 Å². The number of fused-ring (bicyclic) bond motifs is 6. The Kier molecular flexibility index (Phi) is 3.88. The molecule has 0 unspecified atom stereocenters. The van der Waals surface area contributed by atoms with Crippen molar-refractivity contribution in [1.29, 1.82) is 0 Å². The summed E-state index contributed by atoms with van der Waals surface area (Å²) in [5.41, 5.74) is 3.29. The molecule has 1 aromatic rings. The van der Waals surface area contributed by atoms with Crippen molar-refractivity contribution in [2.75, 3.05) is 13.2 Å². The molecular weight excluding hydrogens is 356 g/mol. The highest BCUT2D eigenvalue weighted by Crippen LogP contribution is 2.65. The van der Waals surface area contributed by atoms with Crippen LogP contribution in [0.2, 0.25) is 0 Å². The molecule has 148 valence electrons. The van der Waals surface area contributed by atoms with Crippen LogP contribution in [0.1, 0.15) is 44.7 Å². The molecule has 5 heteroatoms. The molecule has 4 aliphatic rings. The van der Waals surface area contributed by atoms with Crippen molar-refractivity contribution >= 4 is 17.3 Å². The number of hydrogen-bond donors (Lipinski definition) is 0. The molecule has 28 heavy (non-hydrogen) atoms. The maximum atomic E-state index is 13.5. The van der Waals surface area contributed by atoms with E-state index in [4.69, 9.17) is 14.2 Å². The number of carbonyl (C=O) groups is 2. The zero-order chi connectivity index (χ0) is 19.7. The quantitative estimate of drug-likeness (QED) is 0.593. The van der Waals surface area contributed by atoms with Gasteiger partial charge in [-0.25, -0.2) is 0 Å². The van der Waals surface area contributed by atoms with Gasteiger partial charge in [0.2, 0.25) is 0 Å². The Labute approximate surface area is 165 Å². The van der Waals surface area contributed by atoms with E-state index in [1.165, 1.54) is 16.7 Å². The van der Waals surface area contributed by atoms with Crippen LogP contribution in [0.25, 0.3) is 5.57 Å². The van der Waals surface area contributed by atoms with Gasteiger partial charge in [-0.05, 0) is 61.8 Å². The van der Waals surface area contributed by atoms with Crippen LogP contribution in [0.4, 0.5) is 0 Å². The van der Waals surface area contributed by atoms with E-state index in [2.05, 4.69) is 12.1 Å². The van der Waals surface area contributed by atoms with Crippen molar-refractivity contribution in [2.24, 2.45) is 17.3 Å². The molecule has 0 N–H and O–H groups in total. The maximum absolute atomic E-state index is 13.5. The van der Waals surface area contributed by atoms with Crippen LogP contribution < -0.4 is 0 Å². The summed E-state index contributed by atoms with van der Waals surface area (Å²) in [6.45, 7) is 6.21. The monoisotopic (exact) mass is 382 g/mol. The molecular formula is C23H26O5. The summed E-state index contributed by atoms with van der Waals surface area (Å²) in [5.74, 6) is -1.27. The Morgan fingerprint density at radius 1 is 1.29 bits per heavy atom. The van der Waals surface area contributed by atoms with Crippen LogP contribution >= 0.6 is 0 Å². The van der Waals surface area contributed by atoms with Gasteiger partial charge in [0, 0.05) is 12.3 Å². The fourth-order valence-electron chi connectivity index (χ4n) is 6.05. The molecule has 0 spiro atoms. The second-order valence-electron chi connectivity index (χ2n) is 8.72. The lowest BCUT2D eigenvalue weighted by molar-refractivity contribution is -0.176. The number of ketones is 1. The van der Waals surface area contributed by atoms with Crippen molar-refractivity contribution in [2.45, 2.75) is 51.9 Å². The SMILES string of the molecule is CCOC(=O)[C@]12C(=O)CC[C@H](C3=C1Cc1ccccc13)[C@H]2[C@H]1COC(C)(C)O1. The van der Waals surface area contributed by atoms with Gasteiger partial charge < -0.3 is 14.2 Å². The molecule has 0 radical (unpaired) electrons. The van der Waals surface area contributed by atoms with Gasteiger partial charge in [0.05, 0.1) is 19.3 Å². The molecule has 3 aliphatic carbocycles. The molecule has 1 saturated carbocycles. The molecule has 5 nitrogen and oxygen atoms in total. The first-order valence-corrected chi connectivity index (χ1v) is 10.2. The normalized spacial score (nSPS) is 35.1. The van der Waals surface area contributed by atoms with Gasteiger partial charge in [0.15, 0.2) is 17.0 Å². The molecule has 1 saturated heterocycles. The van der Waals surface area contributed by atoms with E-state index in [0.29, 0.717) is 19.4 Å². The predicted molar refractivity (Wildman–Crippen MR) is 102 cm³/mol. The molecule has 2 bridgehead atoms. The third kappa shape index (κ3) is 2.20. The zero-order valence-electron chi connectivity index (χ0n) is 16.6. The van der Waals surface area contributed by atoms with Gasteiger partial charge in [-0.2, -0.15) is 0 Å². The van der Waals surface area contributed by atoms with Crippen molar-refractivity contribution in [3.8, 4) is 0 Å². The van der Waals surface area contributed by atoms with E-state index in [-0.39, 0.29) is 30.3 Å². The Morgan fingerprint density at radius 2 is 2.07 bits per heavy atom. The summed E-state index contributed by atoms with van der Waals surface area (Å²) in [4.78, 5) is 26.9. The molecule has 0 amide bonds. The second-order valence-corrected chi connectivity index (χ2v) is 8.72. The summed E-state index contributed by atoms with van der Waals surface area (Å²) in [6.07, 6.45) is 1.50. The van der Waals surface area contributed by atoms with Crippen molar-refractivity contribution in [3.63, 3.8) is 0 Å². The smallest absolute Gasteiger partial charge is 0.324 e. The van der Waals surface area contributed by atoms with E-state index in [9.17, 15) is 9.59 Å². The van der Waals surface area contributed by atoms with E-state index >= 15 is 0 Å². The Hall–Kier alpha value is -1.98. The number of esters is 1.